The van der Waals surface area contributed by atoms with E-state index in [1.807, 2.05) is 39.0 Å². The highest BCUT2D eigenvalue weighted by Crippen LogP contribution is 2.30. The van der Waals surface area contributed by atoms with Crippen LogP contribution in [-0.4, -0.2) is 30.9 Å². The van der Waals surface area contributed by atoms with Crippen molar-refractivity contribution in [1.29, 1.82) is 0 Å². The highest BCUT2D eigenvalue weighted by molar-refractivity contribution is 9.10. The molecule has 2 aromatic carbocycles. The zero-order valence-corrected chi connectivity index (χ0v) is 19.3. The van der Waals surface area contributed by atoms with Gasteiger partial charge in [0.05, 0.1) is 10.9 Å². The molecule has 1 aliphatic rings. The van der Waals surface area contributed by atoms with Crippen molar-refractivity contribution in [2.24, 2.45) is 5.92 Å². The summed E-state index contributed by atoms with van der Waals surface area (Å²) in [4.78, 5) is 38.6. The van der Waals surface area contributed by atoms with Gasteiger partial charge < -0.3 is 15.0 Å². The second-order valence-corrected chi connectivity index (χ2v) is 8.69. The third kappa shape index (κ3) is 5.02. The van der Waals surface area contributed by atoms with Gasteiger partial charge in [0.2, 0.25) is 5.91 Å². The average Bonchev–Trinajstić information content (AvgIpc) is 3.06. The molecule has 0 aromatic heterocycles. The topological polar surface area (TPSA) is 75.7 Å². The molecule has 6 nitrogen and oxygen atoms in total. The number of halogens is 2. The number of amides is 2. The molecule has 2 amide bonds. The molecule has 1 aliphatic heterocycles. The van der Waals surface area contributed by atoms with Crippen LogP contribution >= 0.6 is 27.5 Å². The van der Waals surface area contributed by atoms with Gasteiger partial charge in [0.15, 0.2) is 6.61 Å². The molecular formula is C22H22BrClN2O4. The molecule has 0 saturated carbocycles. The molecule has 0 aliphatic carbocycles. The lowest BCUT2D eigenvalue weighted by atomic mass is 10.1. The van der Waals surface area contributed by atoms with E-state index in [9.17, 15) is 14.4 Å². The molecule has 1 saturated heterocycles. The van der Waals surface area contributed by atoms with Crippen molar-refractivity contribution >= 4 is 56.7 Å². The summed E-state index contributed by atoms with van der Waals surface area (Å²) in [7, 11) is 0. The number of anilines is 2. The Morgan fingerprint density at radius 3 is 2.63 bits per heavy atom. The van der Waals surface area contributed by atoms with Crippen LogP contribution in [0, 0.1) is 26.7 Å². The lowest BCUT2D eigenvalue weighted by Crippen LogP contribution is -2.28. The Morgan fingerprint density at radius 2 is 1.93 bits per heavy atom. The zero-order chi connectivity index (χ0) is 22.0. The number of carbonyl (C=O) groups excluding carboxylic acids is 3. The number of nitrogens with one attached hydrogen (secondary N) is 1. The number of hydrogen-bond donors (Lipinski definition) is 1. The van der Waals surface area contributed by atoms with Crippen LogP contribution in [0.4, 0.5) is 11.4 Å². The smallest absolute Gasteiger partial charge is 0.311 e. The molecule has 1 N–H and O–H groups in total. The first kappa shape index (κ1) is 22.3. The summed E-state index contributed by atoms with van der Waals surface area (Å²) in [5.74, 6) is -1.76. The summed E-state index contributed by atoms with van der Waals surface area (Å²) < 4.78 is 5.89. The fraction of sp³-hybridized carbons (Fsp3) is 0.318. The van der Waals surface area contributed by atoms with Gasteiger partial charge in [-0.05, 0) is 66.0 Å². The molecule has 158 valence electrons. The Bertz CT molecular complexity index is 1020. The van der Waals surface area contributed by atoms with Crippen LogP contribution in [0.25, 0.3) is 0 Å². The first-order chi connectivity index (χ1) is 14.2. The number of benzene rings is 2. The van der Waals surface area contributed by atoms with Crippen LogP contribution in [0.2, 0.25) is 5.02 Å². The molecule has 0 unspecified atom stereocenters. The van der Waals surface area contributed by atoms with Crippen molar-refractivity contribution in [2.75, 3.05) is 23.4 Å². The summed E-state index contributed by atoms with van der Waals surface area (Å²) in [6.45, 7) is 5.55. The number of rotatable bonds is 5. The summed E-state index contributed by atoms with van der Waals surface area (Å²) >= 11 is 9.38. The number of carbonyl (C=O) groups is 3. The Kier molecular flexibility index (Phi) is 6.83. The summed E-state index contributed by atoms with van der Waals surface area (Å²) in [5, 5.41) is 3.14. The highest BCUT2D eigenvalue weighted by atomic mass is 79.9. The van der Waals surface area contributed by atoms with Gasteiger partial charge in [0, 0.05) is 28.8 Å². The zero-order valence-electron chi connectivity index (χ0n) is 16.9. The van der Waals surface area contributed by atoms with Crippen molar-refractivity contribution in [3.8, 4) is 0 Å². The van der Waals surface area contributed by atoms with Gasteiger partial charge in [-0.25, -0.2) is 0 Å². The predicted molar refractivity (Wildman–Crippen MR) is 120 cm³/mol. The fourth-order valence-electron chi connectivity index (χ4n) is 3.43. The van der Waals surface area contributed by atoms with Gasteiger partial charge >= 0.3 is 5.97 Å². The van der Waals surface area contributed by atoms with Gasteiger partial charge in [-0.1, -0.05) is 29.3 Å². The molecule has 2 aromatic rings. The van der Waals surface area contributed by atoms with E-state index in [0.717, 1.165) is 26.9 Å². The second kappa shape index (κ2) is 9.18. The average molecular weight is 494 g/mol. The van der Waals surface area contributed by atoms with E-state index >= 15 is 0 Å². The van der Waals surface area contributed by atoms with Gasteiger partial charge in [-0.2, -0.15) is 0 Å². The quantitative estimate of drug-likeness (QED) is 0.620. The lowest BCUT2D eigenvalue weighted by molar-refractivity contribution is -0.151. The maximum atomic E-state index is 12.4. The number of aryl methyl sites for hydroxylation is 3. The standard InChI is InChI=1S/C22H22BrClN2O4/c1-12-4-5-19(14(3)6-12)26-10-15(8-21(26)28)22(29)30-11-20(27)25-18-9-17(24)16(23)7-13(18)2/h4-7,9,15H,8,10-11H2,1-3H3,(H,25,27)/t15-/m0/s1. The summed E-state index contributed by atoms with van der Waals surface area (Å²) in [5.41, 5.74) is 4.23. The fourth-order valence-corrected chi connectivity index (χ4v) is 4.05. The van der Waals surface area contributed by atoms with Crippen LogP contribution in [0.1, 0.15) is 23.1 Å². The predicted octanol–water partition coefficient (Wildman–Crippen LogP) is 4.56. The van der Waals surface area contributed by atoms with E-state index in [2.05, 4.69) is 21.2 Å². The number of hydrogen-bond acceptors (Lipinski definition) is 4. The summed E-state index contributed by atoms with van der Waals surface area (Å²) in [6.07, 6.45) is 0.0647. The minimum absolute atomic E-state index is 0.0647. The first-order valence-electron chi connectivity index (χ1n) is 9.45. The van der Waals surface area contributed by atoms with Crippen molar-refractivity contribution < 1.29 is 19.1 Å². The van der Waals surface area contributed by atoms with Crippen LogP contribution < -0.4 is 10.2 Å². The number of esters is 1. The van der Waals surface area contributed by atoms with Gasteiger partial charge in [0.25, 0.3) is 5.91 Å². The molecule has 1 heterocycles. The molecule has 1 atom stereocenters. The van der Waals surface area contributed by atoms with E-state index in [-0.39, 0.29) is 18.9 Å². The van der Waals surface area contributed by atoms with Crippen LogP contribution in [0.15, 0.2) is 34.8 Å². The number of ether oxygens (including phenoxy) is 1. The van der Waals surface area contributed by atoms with Crippen LogP contribution in [-0.2, 0) is 19.1 Å². The molecule has 1 fully saturated rings. The van der Waals surface area contributed by atoms with Crippen molar-refractivity contribution in [3.63, 3.8) is 0 Å². The minimum Gasteiger partial charge on any atom is -0.455 e. The van der Waals surface area contributed by atoms with E-state index in [4.69, 9.17) is 16.3 Å². The van der Waals surface area contributed by atoms with Gasteiger partial charge in [0.1, 0.15) is 0 Å². The Morgan fingerprint density at radius 1 is 1.20 bits per heavy atom. The third-order valence-electron chi connectivity index (χ3n) is 4.99. The van der Waals surface area contributed by atoms with Crippen LogP contribution in [0.5, 0.6) is 0 Å². The van der Waals surface area contributed by atoms with E-state index < -0.39 is 24.4 Å². The molecule has 30 heavy (non-hydrogen) atoms. The Balaban J connectivity index is 1.57. The maximum absolute atomic E-state index is 12.4. The third-order valence-corrected chi connectivity index (χ3v) is 6.19. The van der Waals surface area contributed by atoms with Crippen molar-refractivity contribution in [3.05, 3.63) is 56.5 Å². The summed E-state index contributed by atoms with van der Waals surface area (Å²) in [6, 6.07) is 9.22. The van der Waals surface area contributed by atoms with Crippen molar-refractivity contribution in [2.45, 2.75) is 27.2 Å². The maximum Gasteiger partial charge on any atom is 0.311 e. The molecular weight excluding hydrogens is 472 g/mol. The SMILES string of the molecule is Cc1ccc(N2C[C@@H](C(=O)OCC(=O)Nc3cc(Cl)c(Br)cc3C)CC2=O)c(C)c1. The molecule has 0 radical (unpaired) electrons. The number of nitrogens with zero attached hydrogens (tertiary/aromatic N) is 1. The molecule has 3 rings (SSSR count). The highest BCUT2D eigenvalue weighted by Gasteiger charge is 2.36. The van der Waals surface area contributed by atoms with E-state index in [1.165, 1.54) is 0 Å². The van der Waals surface area contributed by atoms with E-state index in [0.29, 0.717) is 10.7 Å². The molecule has 0 bridgehead atoms. The minimum atomic E-state index is -0.602. The largest absolute Gasteiger partial charge is 0.455 e. The Hall–Kier alpha value is -2.38. The lowest BCUT2D eigenvalue weighted by Gasteiger charge is -2.19. The first-order valence-corrected chi connectivity index (χ1v) is 10.6. The van der Waals surface area contributed by atoms with Crippen molar-refractivity contribution in [1.82, 2.24) is 0 Å². The van der Waals surface area contributed by atoms with Gasteiger partial charge in [-0.3, -0.25) is 14.4 Å². The monoisotopic (exact) mass is 492 g/mol. The normalized spacial score (nSPS) is 16.0. The Labute approximate surface area is 188 Å². The molecule has 0 spiro atoms. The van der Waals surface area contributed by atoms with Crippen LogP contribution in [0.3, 0.4) is 0 Å². The van der Waals surface area contributed by atoms with Gasteiger partial charge in [-0.15, -0.1) is 0 Å². The second-order valence-electron chi connectivity index (χ2n) is 7.43. The molecule has 8 heteroatoms. The van der Waals surface area contributed by atoms with E-state index in [1.54, 1.807) is 17.0 Å².